The van der Waals surface area contributed by atoms with Crippen LogP contribution in [0.5, 0.6) is 0 Å². The van der Waals surface area contributed by atoms with E-state index in [1.807, 2.05) is 39.7 Å². The molecule has 0 aliphatic carbocycles. The minimum absolute atomic E-state index is 0.737. The van der Waals surface area contributed by atoms with Crippen LogP contribution < -0.4 is 5.32 Å². The summed E-state index contributed by atoms with van der Waals surface area (Å²) in [5.74, 6) is 1.03. The lowest BCUT2D eigenvalue weighted by Gasteiger charge is -2.06. The maximum Gasteiger partial charge on any atom is 0.138 e. The van der Waals surface area contributed by atoms with Crippen LogP contribution in [0.4, 0.5) is 5.82 Å². The molecule has 3 rings (SSSR count). The molecular weight excluding hydrogens is 220 g/mol. The van der Waals surface area contributed by atoms with E-state index in [2.05, 4.69) is 15.3 Å². The van der Waals surface area contributed by atoms with Crippen LogP contribution in [-0.2, 0) is 6.54 Å². The predicted octanol–water partition coefficient (Wildman–Crippen LogP) is 2.40. The number of thiazole rings is 1. The number of nitrogens with one attached hydrogen (secondary N) is 1. The third-order valence-electron chi connectivity index (χ3n) is 2.36. The summed E-state index contributed by atoms with van der Waals surface area (Å²) in [4.78, 5) is 8.46. The summed E-state index contributed by atoms with van der Waals surface area (Å²) in [6, 6.07) is 6.00. The van der Waals surface area contributed by atoms with E-state index in [0.29, 0.717) is 0 Å². The Morgan fingerprint density at radius 2 is 2.31 bits per heavy atom. The molecule has 0 aromatic carbocycles. The largest absolute Gasteiger partial charge is 0.365 e. The molecule has 0 aliphatic rings. The number of hydrogen-bond acceptors (Lipinski definition) is 4. The minimum atomic E-state index is 0.737. The summed E-state index contributed by atoms with van der Waals surface area (Å²) >= 11 is 1.61. The molecule has 0 spiro atoms. The van der Waals surface area contributed by atoms with Crippen LogP contribution in [0, 0.1) is 0 Å². The quantitative estimate of drug-likeness (QED) is 0.751. The first kappa shape index (κ1) is 9.35. The van der Waals surface area contributed by atoms with Crippen molar-refractivity contribution in [2.45, 2.75) is 6.54 Å². The zero-order valence-corrected chi connectivity index (χ0v) is 9.31. The van der Waals surface area contributed by atoms with Gasteiger partial charge in [-0.3, -0.25) is 4.40 Å². The fourth-order valence-corrected chi connectivity index (χ4v) is 2.16. The molecule has 16 heavy (non-hydrogen) atoms. The van der Waals surface area contributed by atoms with Gasteiger partial charge >= 0.3 is 0 Å². The monoisotopic (exact) mass is 230 g/mol. The summed E-state index contributed by atoms with van der Waals surface area (Å²) in [6.45, 7) is 0.737. The van der Waals surface area contributed by atoms with Crippen molar-refractivity contribution in [1.29, 1.82) is 0 Å². The number of fused-ring (bicyclic) bond motifs is 1. The van der Waals surface area contributed by atoms with Crippen molar-refractivity contribution >= 4 is 22.8 Å². The second-order valence-electron chi connectivity index (χ2n) is 3.40. The van der Waals surface area contributed by atoms with Gasteiger partial charge in [-0.2, -0.15) is 0 Å². The smallest absolute Gasteiger partial charge is 0.138 e. The van der Waals surface area contributed by atoms with E-state index < -0.39 is 0 Å². The molecule has 4 nitrogen and oxygen atoms in total. The van der Waals surface area contributed by atoms with Gasteiger partial charge in [0.2, 0.25) is 0 Å². The fourth-order valence-electron chi connectivity index (χ4n) is 1.60. The van der Waals surface area contributed by atoms with E-state index in [-0.39, 0.29) is 0 Å². The maximum absolute atomic E-state index is 4.23. The number of imidazole rings is 1. The first-order valence-corrected chi connectivity index (χ1v) is 5.91. The van der Waals surface area contributed by atoms with Crippen molar-refractivity contribution in [3.05, 3.63) is 47.2 Å². The Labute approximate surface area is 96.6 Å². The van der Waals surface area contributed by atoms with Gasteiger partial charge in [-0.25, -0.2) is 9.97 Å². The molecule has 0 aliphatic heterocycles. The Bertz CT molecular complexity index is 585. The van der Waals surface area contributed by atoms with Gasteiger partial charge in [0.25, 0.3) is 0 Å². The van der Waals surface area contributed by atoms with Gasteiger partial charge in [0.15, 0.2) is 0 Å². The zero-order chi connectivity index (χ0) is 10.8. The summed E-state index contributed by atoms with van der Waals surface area (Å²) in [6.07, 6.45) is 3.74. The summed E-state index contributed by atoms with van der Waals surface area (Å²) in [5, 5.41) is 5.39. The lowest BCUT2D eigenvalue weighted by atomic mass is 10.4. The molecule has 0 saturated carbocycles. The molecule has 0 radical (unpaired) electrons. The highest BCUT2D eigenvalue weighted by atomic mass is 32.1. The number of rotatable bonds is 3. The highest BCUT2D eigenvalue weighted by Gasteiger charge is 2.00. The molecule has 80 valence electrons. The molecule has 0 bridgehead atoms. The lowest BCUT2D eigenvalue weighted by Crippen LogP contribution is -2.03. The molecule has 3 aromatic rings. The Kier molecular flexibility index (Phi) is 2.30. The second-order valence-corrected chi connectivity index (χ2v) is 4.12. The van der Waals surface area contributed by atoms with E-state index >= 15 is 0 Å². The molecule has 0 saturated heterocycles. The molecule has 0 atom stereocenters. The van der Waals surface area contributed by atoms with Crippen LogP contribution in [-0.4, -0.2) is 14.4 Å². The van der Waals surface area contributed by atoms with Crippen molar-refractivity contribution < 1.29 is 0 Å². The fraction of sp³-hybridized carbons (Fsp3) is 0.0909. The predicted molar refractivity (Wildman–Crippen MR) is 64.6 cm³/mol. The van der Waals surface area contributed by atoms with E-state index in [9.17, 15) is 0 Å². The van der Waals surface area contributed by atoms with Crippen LogP contribution in [0.1, 0.15) is 5.69 Å². The van der Waals surface area contributed by atoms with Crippen molar-refractivity contribution in [2.75, 3.05) is 5.32 Å². The Hall–Kier alpha value is -1.88. The number of aromatic nitrogens is 3. The van der Waals surface area contributed by atoms with Crippen LogP contribution >= 0.6 is 11.3 Å². The summed E-state index contributed by atoms with van der Waals surface area (Å²) in [7, 11) is 0. The number of pyridine rings is 1. The van der Waals surface area contributed by atoms with E-state index in [1.165, 1.54) is 0 Å². The van der Waals surface area contributed by atoms with E-state index in [1.54, 1.807) is 17.5 Å². The second kappa shape index (κ2) is 3.94. The Morgan fingerprint density at radius 1 is 1.31 bits per heavy atom. The molecule has 5 heteroatoms. The van der Waals surface area contributed by atoms with E-state index in [0.717, 1.165) is 23.7 Å². The standard InChI is InChI=1S/C11H10N4S/c1-2-10-12-4-5-15(10)11(3-1)13-6-9-7-16-8-14-9/h1-5,7-8,13H,6H2. The first-order valence-electron chi connectivity index (χ1n) is 4.96. The van der Waals surface area contributed by atoms with Gasteiger partial charge in [0.05, 0.1) is 17.7 Å². The molecule has 0 fully saturated rings. The maximum atomic E-state index is 4.23. The number of hydrogen-bond donors (Lipinski definition) is 1. The third-order valence-corrected chi connectivity index (χ3v) is 3.00. The normalized spacial score (nSPS) is 10.8. The molecule has 0 amide bonds. The molecule has 0 unspecified atom stereocenters. The summed E-state index contributed by atoms with van der Waals surface area (Å²) < 4.78 is 2.02. The van der Waals surface area contributed by atoms with E-state index in [4.69, 9.17) is 0 Å². The van der Waals surface area contributed by atoms with Crippen molar-refractivity contribution in [3.8, 4) is 0 Å². The zero-order valence-electron chi connectivity index (χ0n) is 8.50. The van der Waals surface area contributed by atoms with Crippen molar-refractivity contribution in [3.63, 3.8) is 0 Å². The topological polar surface area (TPSA) is 42.2 Å². The van der Waals surface area contributed by atoms with Crippen LogP contribution in [0.2, 0.25) is 0 Å². The summed E-state index contributed by atoms with van der Waals surface area (Å²) in [5.41, 5.74) is 3.85. The minimum Gasteiger partial charge on any atom is -0.365 e. The van der Waals surface area contributed by atoms with Gasteiger partial charge in [0.1, 0.15) is 11.5 Å². The number of anilines is 1. The highest BCUT2D eigenvalue weighted by Crippen LogP contribution is 2.12. The highest BCUT2D eigenvalue weighted by molar-refractivity contribution is 7.07. The van der Waals surface area contributed by atoms with Gasteiger partial charge in [-0.1, -0.05) is 6.07 Å². The number of nitrogens with zero attached hydrogens (tertiary/aromatic N) is 3. The lowest BCUT2D eigenvalue weighted by molar-refractivity contribution is 1.03. The average molecular weight is 230 g/mol. The third kappa shape index (κ3) is 1.65. The van der Waals surface area contributed by atoms with Crippen LogP contribution in [0.3, 0.4) is 0 Å². The van der Waals surface area contributed by atoms with Gasteiger partial charge in [-0.15, -0.1) is 11.3 Å². The molecular formula is C11H10N4S. The van der Waals surface area contributed by atoms with Gasteiger partial charge < -0.3 is 5.32 Å². The van der Waals surface area contributed by atoms with Crippen molar-refractivity contribution in [1.82, 2.24) is 14.4 Å². The van der Waals surface area contributed by atoms with Crippen molar-refractivity contribution in [2.24, 2.45) is 0 Å². The van der Waals surface area contributed by atoms with Gasteiger partial charge in [0, 0.05) is 17.8 Å². The van der Waals surface area contributed by atoms with Crippen LogP contribution in [0.15, 0.2) is 41.5 Å². The van der Waals surface area contributed by atoms with Crippen LogP contribution in [0.25, 0.3) is 5.65 Å². The molecule has 1 N–H and O–H groups in total. The Morgan fingerprint density at radius 3 is 3.19 bits per heavy atom. The molecule has 3 heterocycles. The SMILES string of the molecule is c1cc(NCc2cscn2)n2ccnc2c1. The molecule has 3 aromatic heterocycles. The Balaban J connectivity index is 1.86. The average Bonchev–Trinajstić information content (AvgIpc) is 2.97. The van der Waals surface area contributed by atoms with Gasteiger partial charge in [-0.05, 0) is 12.1 Å². The first-order chi connectivity index (χ1) is 7.93.